The third kappa shape index (κ3) is 1.06. The highest BCUT2D eigenvalue weighted by molar-refractivity contribution is 5.67. The summed E-state index contributed by atoms with van der Waals surface area (Å²) >= 11 is 0. The fraction of sp³-hybridized carbons (Fsp3) is 0.625. The van der Waals surface area contributed by atoms with E-state index in [1.54, 1.807) is 6.21 Å². The molecule has 0 fully saturated rings. The van der Waals surface area contributed by atoms with Gasteiger partial charge in [0, 0.05) is 5.41 Å². The van der Waals surface area contributed by atoms with Crippen molar-refractivity contribution in [3.8, 4) is 0 Å². The molecular formula is C8H13NO. The van der Waals surface area contributed by atoms with Gasteiger partial charge in [-0.05, 0) is 26.8 Å². The zero-order valence-corrected chi connectivity index (χ0v) is 6.66. The molecule has 0 bridgehead atoms. The van der Waals surface area contributed by atoms with E-state index in [1.807, 2.05) is 13.0 Å². The van der Waals surface area contributed by atoms with Crippen molar-refractivity contribution in [2.45, 2.75) is 26.8 Å². The molecule has 10 heavy (non-hydrogen) atoms. The molecule has 0 amide bonds. The molecule has 1 unspecified atom stereocenters. The van der Waals surface area contributed by atoms with Crippen LogP contribution < -0.4 is 0 Å². The minimum absolute atomic E-state index is 0.0104. The average molecular weight is 139 g/mol. The molecule has 0 aliphatic carbocycles. The van der Waals surface area contributed by atoms with Crippen LogP contribution in [0.3, 0.4) is 0 Å². The maximum absolute atomic E-state index is 11.0. The summed E-state index contributed by atoms with van der Waals surface area (Å²) in [4.78, 5) is 0. The lowest BCUT2D eigenvalue weighted by Crippen LogP contribution is -2.35. The van der Waals surface area contributed by atoms with Crippen molar-refractivity contribution in [1.29, 1.82) is 0 Å². The molecule has 0 aromatic heterocycles. The van der Waals surface area contributed by atoms with E-state index in [4.69, 9.17) is 0 Å². The topological polar surface area (TPSA) is 26.1 Å². The van der Waals surface area contributed by atoms with Crippen molar-refractivity contribution < 1.29 is 4.74 Å². The number of allylic oxidation sites excluding steroid dienone is 1. The zero-order valence-electron chi connectivity index (χ0n) is 6.66. The van der Waals surface area contributed by atoms with Crippen molar-refractivity contribution in [2.24, 2.45) is 5.41 Å². The average Bonchev–Trinajstić information content (AvgIpc) is 1.83. The Morgan fingerprint density at radius 1 is 1.50 bits per heavy atom. The molecule has 0 aromatic carbocycles. The Morgan fingerprint density at radius 3 is 2.50 bits per heavy atom. The smallest absolute Gasteiger partial charge is 0.174 e. The van der Waals surface area contributed by atoms with E-state index in [0.29, 0.717) is 0 Å². The minimum Gasteiger partial charge on any atom is -0.624 e. The Morgan fingerprint density at radius 2 is 2.10 bits per heavy atom. The number of rotatable bonds is 0. The second kappa shape index (κ2) is 2.11. The molecule has 2 heteroatoms. The van der Waals surface area contributed by atoms with Gasteiger partial charge in [-0.1, -0.05) is 6.08 Å². The molecule has 2 nitrogen and oxygen atoms in total. The maximum Gasteiger partial charge on any atom is 0.174 e. The fourth-order valence-electron chi connectivity index (χ4n) is 0.972. The third-order valence-electron chi connectivity index (χ3n) is 2.22. The highest BCUT2D eigenvalue weighted by Crippen LogP contribution is 2.25. The largest absolute Gasteiger partial charge is 0.624 e. The van der Waals surface area contributed by atoms with Crippen LogP contribution in [0.2, 0.25) is 0 Å². The van der Waals surface area contributed by atoms with Gasteiger partial charge in [0.15, 0.2) is 12.3 Å². The lowest BCUT2D eigenvalue weighted by molar-refractivity contribution is -0.509. The maximum atomic E-state index is 11.0. The Labute approximate surface area is 61.5 Å². The highest BCUT2D eigenvalue weighted by Gasteiger charge is 2.30. The van der Waals surface area contributed by atoms with Crippen molar-refractivity contribution in [3.63, 3.8) is 0 Å². The van der Waals surface area contributed by atoms with Gasteiger partial charge in [-0.3, -0.25) is 0 Å². The number of hydroxylamine groups is 1. The molecule has 0 aromatic rings. The predicted molar refractivity (Wildman–Crippen MR) is 42.1 cm³/mol. The van der Waals surface area contributed by atoms with Gasteiger partial charge < -0.3 is 5.21 Å². The molecule has 1 heterocycles. The van der Waals surface area contributed by atoms with Gasteiger partial charge in [-0.2, -0.15) is 0 Å². The van der Waals surface area contributed by atoms with Crippen molar-refractivity contribution in [2.75, 3.05) is 0 Å². The van der Waals surface area contributed by atoms with Gasteiger partial charge in [0.2, 0.25) is 0 Å². The molecule has 1 aliphatic rings. The van der Waals surface area contributed by atoms with Crippen LogP contribution in [-0.2, 0) is 0 Å². The second-order valence-electron chi connectivity index (χ2n) is 3.37. The van der Waals surface area contributed by atoms with Crippen LogP contribution in [0.1, 0.15) is 20.8 Å². The van der Waals surface area contributed by atoms with Gasteiger partial charge in [0.25, 0.3) is 0 Å². The molecule has 0 radical (unpaired) electrons. The number of nitrogens with zero attached hydrogens (tertiary/aromatic N) is 1. The van der Waals surface area contributed by atoms with E-state index >= 15 is 0 Å². The van der Waals surface area contributed by atoms with Gasteiger partial charge in [-0.25, -0.2) is 4.74 Å². The first-order valence-corrected chi connectivity index (χ1v) is 3.52. The number of hydrogen-bond acceptors (Lipinski definition) is 1. The van der Waals surface area contributed by atoms with E-state index in [9.17, 15) is 5.21 Å². The van der Waals surface area contributed by atoms with E-state index in [2.05, 4.69) is 19.9 Å². The van der Waals surface area contributed by atoms with E-state index in [1.165, 1.54) is 0 Å². The third-order valence-corrected chi connectivity index (χ3v) is 2.22. The SMILES string of the molecule is CC1[N+]([O-])=CC=CC1(C)C. The summed E-state index contributed by atoms with van der Waals surface area (Å²) in [6.07, 6.45) is 5.44. The predicted octanol–water partition coefficient (Wildman–Crippen LogP) is 1.55. The summed E-state index contributed by atoms with van der Waals surface area (Å²) in [5.74, 6) is 0. The van der Waals surface area contributed by atoms with Crippen molar-refractivity contribution >= 4 is 6.21 Å². The molecule has 0 spiro atoms. The lowest BCUT2D eigenvalue weighted by Gasteiger charge is -2.28. The van der Waals surface area contributed by atoms with Gasteiger partial charge >= 0.3 is 0 Å². The van der Waals surface area contributed by atoms with Crippen molar-refractivity contribution in [1.82, 2.24) is 0 Å². The quantitative estimate of drug-likeness (QED) is 0.369. The molecule has 0 saturated heterocycles. The van der Waals surface area contributed by atoms with Crippen LogP contribution in [0.25, 0.3) is 0 Å². The first kappa shape index (κ1) is 7.32. The molecule has 1 rings (SSSR count). The zero-order chi connectivity index (χ0) is 7.78. The van der Waals surface area contributed by atoms with Crippen LogP contribution in [0.15, 0.2) is 12.2 Å². The Kier molecular flexibility index (Phi) is 1.55. The molecule has 0 saturated carbocycles. The molecule has 1 atom stereocenters. The summed E-state index contributed by atoms with van der Waals surface area (Å²) in [6, 6.07) is 0.0532. The fourth-order valence-corrected chi connectivity index (χ4v) is 0.972. The van der Waals surface area contributed by atoms with E-state index in [0.717, 1.165) is 4.74 Å². The Bertz CT molecular complexity index is 191. The number of hydrogen-bond donors (Lipinski definition) is 0. The van der Waals surface area contributed by atoms with Crippen LogP contribution in [0.5, 0.6) is 0 Å². The summed E-state index contributed by atoms with van der Waals surface area (Å²) < 4.78 is 1.00. The molecule has 1 aliphatic heterocycles. The second-order valence-corrected chi connectivity index (χ2v) is 3.37. The van der Waals surface area contributed by atoms with E-state index < -0.39 is 0 Å². The summed E-state index contributed by atoms with van der Waals surface area (Å²) in [7, 11) is 0. The Hall–Kier alpha value is -0.790. The lowest BCUT2D eigenvalue weighted by atomic mass is 9.84. The van der Waals surface area contributed by atoms with Crippen LogP contribution in [-0.4, -0.2) is 17.0 Å². The van der Waals surface area contributed by atoms with Gasteiger partial charge in [0.05, 0.1) is 0 Å². The normalized spacial score (nSPS) is 29.9. The summed E-state index contributed by atoms with van der Waals surface area (Å²) in [5.41, 5.74) is 0.0104. The van der Waals surface area contributed by atoms with Crippen molar-refractivity contribution in [3.05, 3.63) is 17.4 Å². The first-order valence-electron chi connectivity index (χ1n) is 3.52. The monoisotopic (exact) mass is 139 g/mol. The Balaban J connectivity index is 2.89. The first-order chi connectivity index (χ1) is 4.54. The standard InChI is InChI=1S/C8H13NO/c1-7-8(2,3)5-4-6-9(7)10/h4-7H,1-3H3. The van der Waals surface area contributed by atoms with Gasteiger partial charge in [0.1, 0.15) is 0 Å². The van der Waals surface area contributed by atoms with E-state index in [-0.39, 0.29) is 11.5 Å². The van der Waals surface area contributed by atoms with Gasteiger partial charge in [-0.15, -0.1) is 0 Å². The van der Waals surface area contributed by atoms with Crippen LogP contribution in [0.4, 0.5) is 0 Å². The summed E-state index contributed by atoms with van der Waals surface area (Å²) in [6.45, 7) is 6.06. The summed E-state index contributed by atoms with van der Waals surface area (Å²) in [5, 5.41) is 11.0. The minimum atomic E-state index is 0.0104. The molecule has 0 N–H and O–H groups in total. The van der Waals surface area contributed by atoms with Crippen LogP contribution >= 0.6 is 0 Å². The van der Waals surface area contributed by atoms with Crippen LogP contribution in [0, 0.1) is 10.6 Å². The highest BCUT2D eigenvalue weighted by atomic mass is 16.5. The molecule has 56 valence electrons. The molecular weight excluding hydrogens is 126 g/mol.